The van der Waals surface area contributed by atoms with E-state index < -0.39 is 0 Å². The molecule has 0 aliphatic rings. The van der Waals surface area contributed by atoms with Gasteiger partial charge in [-0.3, -0.25) is 9.98 Å². The molecule has 2 heterocycles. The third kappa shape index (κ3) is 5.05. The molecule has 0 aliphatic carbocycles. The number of hydrogen-bond donors (Lipinski definition) is 2. The van der Waals surface area contributed by atoms with Crippen LogP contribution >= 0.6 is 0 Å². The molecular formula is C23H24N8O. The second kappa shape index (κ2) is 10.1. The molecule has 1 aromatic carbocycles. The molecule has 0 spiro atoms. The van der Waals surface area contributed by atoms with Crippen molar-refractivity contribution in [3.05, 3.63) is 65.1 Å². The topological polar surface area (TPSA) is 148 Å². The van der Waals surface area contributed by atoms with E-state index in [1.54, 1.807) is 24.3 Å². The third-order valence-electron chi connectivity index (χ3n) is 4.65. The average Bonchev–Trinajstić information content (AvgIpc) is 2.81. The van der Waals surface area contributed by atoms with Crippen LogP contribution in [0.1, 0.15) is 42.4 Å². The van der Waals surface area contributed by atoms with Crippen LogP contribution in [-0.2, 0) is 6.54 Å². The lowest BCUT2D eigenvalue weighted by Crippen LogP contribution is -2.12. The highest BCUT2D eigenvalue weighted by molar-refractivity contribution is 6.37. The van der Waals surface area contributed by atoms with Crippen LogP contribution in [0.15, 0.2) is 52.6 Å². The van der Waals surface area contributed by atoms with E-state index in [1.807, 2.05) is 18.2 Å². The molecule has 162 valence electrons. The van der Waals surface area contributed by atoms with Crippen molar-refractivity contribution in [1.82, 2.24) is 15.0 Å². The highest BCUT2D eigenvalue weighted by Crippen LogP contribution is 2.32. The van der Waals surface area contributed by atoms with E-state index in [0.29, 0.717) is 46.4 Å². The van der Waals surface area contributed by atoms with Crippen LogP contribution in [0.5, 0.6) is 5.75 Å². The number of aliphatic imine (C=N–C) groups is 1. The van der Waals surface area contributed by atoms with Gasteiger partial charge >= 0.3 is 0 Å². The lowest BCUT2D eigenvalue weighted by Gasteiger charge is -2.11. The second-order valence-corrected chi connectivity index (χ2v) is 7.19. The summed E-state index contributed by atoms with van der Waals surface area (Å²) in [5, 5.41) is 13.2. The Hall–Kier alpha value is -4.32. The van der Waals surface area contributed by atoms with Crippen LogP contribution in [0, 0.1) is 11.3 Å². The van der Waals surface area contributed by atoms with Gasteiger partial charge in [-0.05, 0) is 36.2 Å². The Morgan fingerprint density at radius 2 is 1.97 bits per heavy atom. The number of pyridine rings is 1. The molecule has 2 aromatic heterocycles. The van der Waals surface area contributed by atoms with Crippen LogP contribution in [0.4, 0.5) is 5.95 Å². The monoisotopic (exact) mass is 428 g/mol. The first-order valence-corrected chi connectivity index (χ1v) is 9.92. The Morgan fingerprint density at radius 3 is 2.66 bits per heavy atom. The Kier molecular flexibility index (Phi) is 7.08. The number of rotatable bonds is 7. The average molecular weight is 429 g/mol. The van der Waals surface area contributed by atoms with Gasteiger partial charge in [-0.2, -0.15) is 10.4 Å². The number of hydrazone groups is 1. The number of methoxy groups -OCH3 is 1. The molecule has 3 aromatic rings. The Morgan fingerprint density at radius 1 is 1.19 bits per heavy atom. The quantitative estimate of drug-likeness (QED) is 0.334. The minimum atomic E-state index is 0.0303. The SMILES string of the molecule is COc1c(C#N)cccc1-c1cc(C(C=NCc2cccc(C(C)C)n2)=NN)nc(N)n1. The summed E-state index contributed by atoms with van der Waals surface area (Å²) in [7, 11) is 1.49. The highest BCUT2D eigenvalue weighted by atomic mass is 16.5. The van der Waals surface area contributed by atoms with Crippen molar-refractivity contribution in [1.29, 1.82) is 5.26 Å². The lowest BCUT2D eigenvalue weighted by molar-refractivity contribution is 0.415. The zero-order valence-electron chi connectivity index (χ0n) is 18.1. The predicted molar refractivity (Wildman–Crippen MR) is 124 cm³/mol. The molecule has 0 amide bonds. The van der Waals surface area contributed by atoms with E-state index in [2.05, 4.69) is 45.0 Å². The number of anilines is 1. The normalized spacial score (nSPS) is 11.7. The molecule has 0 unspecified atom stereocenters. The van der Waals surface area contributed by atoms with E-state index in [0.717, 1.165) is 11.4 Å². The molecule has 9 nitrogen and oxygen atoms in total. The van der Waals surface area contributed by atoms with Gasteiger partial charge in [0.15, 0.2) is 0 Å². The number of ether oxygens (including phenoxy) is 1. The molecule has 9 heteroatoms. The highest BCUT2D eigenvalue weighted by Gasteiger charge is 2.15. The van der Waals surface area contributed by atoms with Crippen LogP contribution in [0.25, 0.3) is 11.3 Å². The fourth-order valence-electron chi connectivity index (χ4n) is 3.08. The molecule has 32 heavy (non-hydrogen) atoms. The summed E-state index contributed by atoms with van der Waals surface area (Å²) in [5.74, 6) is 6.36. The van der Waals surface area contributed by atoms with E-state index in [4.69, 9.17) is 16.3 Å². The molecule has 0 bridgehead atoms. The largest absolute Gasteiger partial charge is 0.495 e. The van der Waals surface area contributed by atoms with Crippen molar-refractivity contribution in [3.63, 3.8) is 0 Å². The van der Waals surface area contributed by atoms with E-state index >= 15 is 0 Å². The zero-order chi connectivity index (χ0) is 23.1. The molecule has 0 aliphatic heterocycles. The first kappa shape index (κ1) is 22.4. The lowest BCUT2D eigenvalue weighted by atomic mass is 10.1. The van der Waals surface area contributed by atoms with Crippen molar-refractivity contribution >= 4 is 17.9 Å². The van der Waals surface area contributed by atoms with Gasteiger partial charge in [0, 0.05) is 11.3 Å². The zero-order valence-corrected chi connectivity index (χ0v) is 18.1. The number of nitrogen functional groups attached to an aromatic ring is 1. The maximum absolute atomic E-state index is 9.35. The van der Waals surface area contributed by atoms with Crippen molar-refractivity contribution in [3.8, 4) is 23.1 Å². The summed E-state index contributed by atoms with van der Waals surface area (Å²) in [4.78, 5) is 17.5. The molecule has 0 saturated heterocycles. The minimum Gasteiger partial charge on any atom is -0.495 e. The van der Waals surface area contributed by atoms with Crippen molar-refractivity contribution < 1.29 is 4.74 Å². The minimum absolute atomic E-state index is 0.0303. The molecule has 0 radical (unpaired) electrons. The molecule has 0 atom stereocenters. The van der Waals surface area contributed by atoms with Gasteiger partial charge in [-0.1, -0.05) is 26.0 Å². The first-order chi connectivity index (χ1) is 15.5. The molecule has 0 fully saturated rings. The van der Waals surface area contributed by atoms with Gasteiger partial charge in [0.1, 0.15) is 17.5 Å². The fraction of sp³-hybridized carbons (Fsp3) is 0.217. The van der Waals surface area contributed by atoms with E-state index in [1.165, 1.54) is 13.3 Å². The first-order valence-electron chi connectivity index (χ1n) is 9.92. The van der Waals surface area contributed by atoms with E-state index in [9.17, 15) is 5.26 Å². The standard InChI is InChI=1S/C23H24N8O/c1-14(2)18-9-5-7-16(28-18)12-27-13-21(31-26)20-10-19(29-23(25)30-20)17-8-4-6-15(11-24)22(17)32-3/h4-10,13-14H,12,26H2,1-3H3,(H2,25,29,30). The second-order valence-electron chi connectivity index (χ2n) is 7.19. The van der Waals surface area contributed by atoms with Crippen molar-refractivity contribution in [2.45, 2.75) is 26.3 Å². The fourth-order valence-corrected chi connectivity index (χ4v) is 3.08. The van der Waals surface area contributed by atoms with Gasteiger partial charge < -0.3 is 16.3 Å². The van der Waals surface area contributed by atoms with Crippen molar-refractivity contribution in [2.24, 2.45) is 15.9 Å². The van der Waals surface area contributed by atoms with Crippen molar-refractivity contribution in [2.75, 3.05) is 12.8 Å². The number of nitrogens with two attached hydrogens (primary N) is 2. The molecule has 3 rings (SSSR count). The molecule has 0 saturated carbocycles. The van der Waals surface area contributed by atoms with Gasteiger partial charge in [-0.15, -0.1) is 0 Å². The van der Waals surface area contributed by atoms with Crippen LogP contribution in [0.2, 0.25) is 0 Å². The van der Waals surface area contributed by atoms with E-state index in [-0.39, 0.29) is 5.95 Å². The maximum Gasteiger partial charge on any atom is 0.221 e. The number of benzene rings is 1. The summed E-state index contributed by atoms with van der Waals surface area (Å²) < 4.78 is 5.42. The molecular weight excluding hydrogens is 404 g/mol. The number of nitriles is 1. The number of aromatic nitrogens is 3. The van der Waals surface area contributed by atoms with Gasteiger partial charge in [0.25, 0.3) is 0 Å². The Balaban J connectivity index is 1.91. The summed E-state index contributed by atoms with van der Waals surface area (Å²) in [6.45, 7) is 4.55. The predicted octanol–water partition coefficient (Wildman–Crippen LogP) is 3.06. The maximum atomic E-state index is 9.35. The summed E-state index contributed by atoms with van der Waals surface area (Å²) in [6, 6.07) is 14.8. The van der Waals surface area contributed by atoms with Gasteiger partial charge in [0.2, 0.25) is 5.95 Å². The summed E-state index contributed by atoms with van der Waals surface area (Å²) in [6.07, 6.45) is 1.53. The van der Waals surface area contributed by atoms with Crippen LogP contribution in [-0.4, -0.2) is 34.0 Å². The van der Waals surface area contributed by atoms with Gasteiger partial charge in [0.05, 0.1) is 42.5 Å². The summed E-state index contributed by atoms with van der Waals surface area (Å²) >= 11 is 0. The Bertz CT molecular complexity index is 1210. The van der Waals surface area contributed by atoms with Crippen LogP contribution < -0.4 is 16.3 Å². The smallest absolute Gasteiger partial charge is 0.221 e. The number of nitrogens with zero attached hydrogens (tertiary/aromatic N) is 6. The van der Waals surface area contributed by atoms with Crippen LogP contribution in [0.3, 0.4) is 0 Å². The summed E-state index contributed by atoms with van der Waals surface area (Å²) in [5.41, 5.74) is 9.97. The third-order valence-corrected chi connectivity index (χ3v) is 4.65. The Labute approximate surface area is 186 Å². The number of hydrogen-bond acceptors (Lipinski definition) is 9. The van der Waals surface area contributed by atoms with Gasteiger partial charge in [-0.25, -0.2) is 9.97 Å². The molecule has 4 N–H and O–H groups in total. The number of para-hydroxylation sites is 1.